The number of benzene rings is 3. The van der Waals surface area contributed by atoms with Gasteiger partial charge in [-0.2, -0.15) is 13.6 Å². The van der Waals surface area contributed by atoms with Crippen molar-refractivity contribution >= 4 is 127 Å². The Morgan fingerprint density at radius 3 is 2.24 bits per heavy atom. The fourth-order valence-corrected chi connectivity index (χ4v) is 14.7. The van der Waals surface area contributed by atoms with Crippen LogP contribution in [0.4, 0.5) is 16.3 Å². The van der Waals surface area contributed by atoms with Gasteiger partial charge in [0.15, 0.2) is 5.36 Å². The van der Waals surface area contributed by atoms with Gasteiger partial charge in [0.25, 0.3) is 5.91 Å². The normalized spacial score (nSPS) is 15.9. The van der Waals surface area contributed by atoms with Gasteiger partial charge < -0.3 is 79.8 Å². The lowest BCUT2D eigenvalue weighted by Crippen LogP contribution is -2.44. The van der Waals surface area contributed by atoms with Crippen molar-refractivity contribution in [3.05, 3.63) is 93.3 Å². The van der Waals surface area contributed by atoms with Crippen molar-refractivity contribution in [3.8, 4) is 34.3 Å². The van der Waals surface area contributed by atoms with Gasteiger partial charge in [-0.25, -0.2) is 23.3 Å². The standard InChI is InChI=1S/C56H77N8O21P3S4.2O3S/c1-5-92(89)36-80-47-32-49(83-48(47)34-81-87(72,73)85-88(74,75)84-86(69,70)71)64-33-39(52(59)63-55(64)68)11-9-21-62-54(67)61-20-7-6-8-23-78-35-90-91-56(3,4)19-25-79-50(65)12-10-24-76-27-28-77-26-22-60-53(66)38-14-13-37(2)44(29-38)51-42-17-15-40(57)30-45(42)82-46-31-41(58)16-18-43(46)51;2*1-4(2)3/h13-18,29-31,33,47-49,57H,5-8,10,12,19-28,32,34-36,58H2,1-4H3,(H,60,66)(H,72,73)(H,74,75)(H2,59,63,68)(H2,61,62,67)(H2,69,70,71);;/p+1/t47-,48-,49-,92?;;/m1../s1. The lowest BCUT2D eigenvalue weighted by atomic mass is 9.90. The number of ether oxygens (including phenoxy) is 6. The molecule has 6 rings (SSSR count). The smallest absolute Gasteiger partial charge is 0.466 e. The minimum atomic E-state index is -5.78. The summed E-state index contributed by atoms with van der Waals surface area (Å²) >= 11 is 5.33. The van der Waals surface area contributed by atoms with Crippen LogP contribution in [0, 0.1) is 18.8 Å². The third-order valence-corrected chi connectivity index (χ3v) is 22.2. The van der Waals surface area contributed by atoms with Crippen molar-refractivity contribution in [1.29, 1.82) is 0 Å². The van der Waals surface area contributed by atoms with E-state index < -0.39 is 90.9 Å². The number of carbonyl (C=O) groups is 3. The van der Waals surface area contributed by atoms with E-state index in [1.807, 2.05) is 50.2 Å². The number of anilines is 2. The number of nitrogens with two attached hydrogens (primary N) is 3. The van der Waals surface area contributed by atoms with Crippen LogP contribution in [0.5, 0.6) is 0 Å². The summed E-state index contributed by atoms with van der Waals surface area (Å²) in [6, 6.07) is 16.2. The van der Waals surface area contributed by atoms with Crippen LogP contribution >= 0.6 is 45.1 Å². The molecule has 0 radical (unpaired) electrons. The van der Waals surface area contributed by atoms with E-state index in [9.17, 15) is 42.7 Å². The van der Waals surface area contributed by atoms with Gasteiger partial charge in [-0.1, -0.05) is 55.9 Å². The molecular formula is C56H78N8O27P3S6+. The van der Waals surface area contributed by atoms with Crippen molar-refractivity contribution in [3.63, 3.8) is 0 Å². The SMILES string of the molecule is CCS(=S)CO[C@@H]1C[C@H](n2cc(C#CCNC(=O)NCCCCCOCSSC(C)(C)CCOC(=O)CCCOCCOCCNC(=O)c3ccc(C)c(-c4c5ccc(=[NH2+])cc-5oc5cc(N)ccc45)c3)c(N)nc2=O)O[C@@H]1COP(=O)(O)OP(=O)(O)OP(=O)(O)O.O=S(=O)=O.O=S(=O)=O. The number of nitrogen functional groups attached to an aromatic ring is 2. The molecule has 1 fully saturated rings. The minimum absolute atomic E-state index is 0.0520. The van der Waals surface area contributed by atoms with Crippen LogP contribution in [0.15, 0.2) is 70.0 Å². The number of nitrogens with zero attached hydrogens (tertiary/aromatic N) is 2. The van der Waals surface area contributed by atoms with Crippen LogP contribution < -0.4 is 43.9 Å². The number of aromatic nitrogens is 2. The first kappa shape index (κ1) is 86.5. The first-order chi connectivity index (χ1) is 47.1. The number of amides is 3. The van der Waals surface area contributed by atoms with E-state index >= 15 is 0 Å². The molecular weight excluding hydrogens is 1500 g/mol. The van der Waals surface area contributed by atoms with Gasteiger partial charge in [0.05, 0.1) is 63.3 Å². The maximum Gasteiger partial charge on any atom is 0.490 e. The van der Waals surface area contributed by atoms with E-state index in [1.165, 1.54) is 6.20 Å². The predicted octanol–water partition coefficient (Wildman–Crippen LogP) is 3.09. The summed E-state index contributed by atoms with van der Waals surface area (Å²) in [4.78, 5) is 91.9. The maximum atomic E-state index is 13.3. The monoisotopic (exact) mass is 1580 g/mol. The second-order valence-corrected chi connectivity index (χ2v) is 32.8. The first-order valence-corrected chi connectivity index (χ1v) is 41.2. The van der Waals surface area contributed by atoms with Gasteiger partial charge in [0.2, 0.25) is 0 Å². The summed E-state index contributed by atoms with van der Waals surface area (Å²) in [6.45, 7) is 9.89. The lowest BCUT2D eigenvalue weighted by Gasteiger charge is -2.22. The third-order valence-electron chi connectivity index (χ3n) is 13.3. The molecule has 3 amide bonds. The molecule has 3 unspecified atom stereocenters. The summed E-state index contributed by atoms with van der Waals surface area (Å²) in [5, 5.41) is 15.8. The highest BCUT2D eigenvalue weighted by Gasteiger charge is 2.44. The number of rotatable bonds is 38. The topological polar surface area (TPSA) is 531 Å². The molecule has 0 spiro atoms. The Morgan fingerprint density at radius 1 is 0.840 bits per heavy atom. The van der Waals surface area contributed by atoms with Crippen molar-refractivity contribution in [2.24, 2.45) is 0 Å². The van der Waals surface area contributed by atoms with Crippen LogP contribution in [0.2, 0.25) is 0 Å². The number of urea groups is 1. The highest BCUT2D eigenvalue weighted by molar-refractivity contribution is 8.77. The number of carbonyl (C=O) groups excluding carboxylic acids is 3. The quantitative estimate of drug-likeness (QED) is 0.00397. The van der Waals surface area contributed by atoms with Crippen LogP contribution in [0.3, 0.4) is 0 Å². The second kappa shape index (κ2) is 43.3. The van der Waals surface area contributed by atoms with Gasteiger partial charge >= 0.3 is 62.4 Å². The zero-order valence-electron chi connectivity index (χ0n) is 54.2. The number of phosphoric acid groups is 3. The summed E-state index contributed by atoms with van der Waals surface area (Å²) in [5.41, 5.74) is 16.6. The Bertz CT molecular complexity index is 4120. The number of unbranched alkanes of at least 4 members (excludes halogenated alkanes) is 2. The van der Waals surface area contributed by atoms with Crippen LogP contribution in [0.1, 0.15) is 93.4 Å². The lowest BCUT2D eigenvalue weighted by molar-refractivity contribution is -0.172. The molecule has 13 N–H and O–H groups in total. The number of fused-ring (bicyclic) bond motifs is 2. The Kier molecular flexibility index (Phi) is 37.4. The van der Waals surface area contributed by atoms with E-state index in [4.69, 9.17) is 100 Å². The Labute approximate surface area is 592 Å². The van der Waals surface area contributed by atoms with Crippen LogP contribution in [-0.4, -0.2) is 173 Å². The molecule has 0 saturated carbocycles. The third kappa shape index (κ3) is 33.5. The summed E-state index contributed by atoms with van der Waals surface area (Å²) in [5.74, 6) is 6.46. The molecule has 3 heterocycles. The number of phosphoric ester groups is 1. The Morgan fingerprint density at radius 2 is 1.54 bits per heavy atom. The zero-order chi connectivity index (χ0) is 74.2. The van der Waals surface area contributed by atoms with Crippen molar-refractivity contribution in [1.82, 2.24) is 25.5 Å². The molecule has 3 aliphatic rings. The number of hydrogen-bond donors (Lipinski definition) is 10. The Balaban J connectivity index is 0.00000251. The van der Waals surface area contributed by atoms with E-state index in [2.05, 4.69) is 55.2 Å². The molecule has 1 aliphatic carbocycles. The number of hydrogen-bond acceptors (Lipinski definition) is 29. The molecule has 0 bridgehead atoms. The fraction of sp³-hybridized carbons (Fsp3) is 0.500. The Hall–Kier alpha value is -5.90. The predicted molar refractivity (Wildman–Crippen MR) is 369 cm³/mol. The van der Waals surface area contributed by atoms with E-state index in [0.717, 1.165) is 45.0 Å². The molecule has 3 aromatic rings. The van der Waals surface area contributed by atoms with Crippen LogP contribution in [-0.2, 0) is 102 Å². The average molecular weight is 1580 g/mol. The molecule has 35 nitrogen and oxygen atoms in total. The van der Waals surface area contributed by atoms with E-state index in [0.29, 0.717) is 105 Å². The fourth-order valence-electron chi connectivity index (χ4n) is 8.76. The molecule has 1 saturated heterocycles. The van der Waals surface area contributed by atoms with Gasteiger partial charge in [-0.05, 0) is 111 Å². The second-order valence-electron chi connectivity index (χ2n) is 21.5. The molecule has 554 valence electrons. The highest BCUT2D eigenvalue weighted by Crippen LogP contribution is 2.66. The largest absolute Gasteiger partial charge is 0.490 e. The average Bonchev–Trinajstić information content (AvgIpc) is 0.837. The minimum Gasteiger partial charge on any atom is -0.466 e. The summed E-state index contributed by atoms with van der Waals surface area (Å²) in [6.07, 6.45) is 1.61. The van der Waals surface area contributed by atoms with Gasteiger partial charge in [0, 0.05) is 90.0 Å². The number of esters is 1. The van der Waals surface area contributed by atoms with Gasteiger partial charge in [0.1, 0.15) is 35.4 Å². The molecule has 100 heavy (non-hydrogen) atoms. The van der Waals surface area contributed by atoms with Crippen molar-refractivity contribution in [2.45, 2.75) is 95.8 Å². The number of nitrogens with one attached hydrogen (secondary N) is 3. The molecule has 6 atom stereocenters. The molecule has 44 heteroatoms. The van der Waals surface area contributed by atoms with Gasteiger partial charge in [-0.3, -0.25) is 24.1 Å². The molecule has 1 aromatic heterocycles. The van der Waals surface area contributed by atoms with Crippen molar-refractivity contribution in [2.75, 3.05) is 95.0 Å². The van der Waals surface area contributed by atoms with E-state index in [-0.39, 0.29) is 59.9 Å². The first-order valence-electron chi connectivity index (χ1n) is 29.8. The van der Waals surface area contributed by atoms with Gasteiger partial charge in [-0.15, -0.1) is 25.3 Å². The molecule has 2 aromatic carbocycles. The maximum absolute atomic E-state index is 13.3. The van der Waals surface area contributed by atoms with E-state index in [1.54, 1.807) is 39.8 Å². The summed E-state index contributed by atoms with van der Waals surface area (Å²) < 4.78 is 140. The molecule has 2 aliphatic heterocycles. The number of aryl methyl sites for hydroxylation is 1. The van der Waals surface area contributed by atoms with Crippen LogP contribution in [0.25, 0.3) is 33.4 Å². The zero-order valence-corrected chi connectivity index (χ0v) is 61.8. The highest BCUT2D eigenvalue weighted by atomic mass is 33.1. The summed E-state index contributed by atoms with van der Waals surface area (Å²) in [7, 11) is -20.5. The van der Waals surface area contributed by atoms with Crippen molar-refractivity contribution < 1.29 is 124 Å².